The van der Waals surface area contributed by atoms with E-state index in [0.717, 1.165) is 0 Å². The summed E-state index contributed by atoms with van der Waals surface area (Å²) in [6.07, 6.45) is -0.325. The summed E-state index contributed by atoms with van der Waals surface area (Å²) in [6.45, 7) is 8.34. The maximum atomic E-state index is 12.7. The molecule has 0 bridgehead atoms. The molecule has 0 rings (SSSR count). The third-order valence-corrected chi connectivity index (χ3v) is 4.45. The van der Waals surface area contributed by atoms with Crippen molar-refractivity contribution in [3.05, 3.63) is 0 Å². The third-order valence-electron chi connectivity index (χ3n) is 4.45. The molecule has 5 unspecified atom stereocenters. The van der Waals surface area contributed by atoms with Gasteiger partial charge in [-0.05, 0) is 18.8 Å². The maximum Gasteiger partial charge on any atom is 0.326 e. The average Bonchev–Trinajstić information content (AvgIpc) is 2.61. The number of aliphatic carboxylic acids is 2. The number of amides is 3. The van der Waals surface area contributed by atoms with E-state index in [-0.39, 0.29) is 11.8 Å². The number of hydrogen-bond acceptors (Lipinski definition) is 6. The standard InChI is InChI=1S/C18H32N4O7/c1-6-9(4)14(17(27)20-11(18(28)29)7-12(23)24)22-16(26)13(8(2)3)21-15(25)10(5)19/h8-11,13-14H,6-7,19H2,1-5H3,(H,20,27)(H,21,25)(H,22,26)(H,23,24)(H,28,29). The molecule has 0 saturated carbocycles. The number of hydrogen-bond donors (Lipinski definition) is 6. The summed E-state index contributed by atoms with van der Waals surface area (Å²) in [5, 5.41) is 25.2. The van der Waals surface area contributed by atoms with Crippen LogP contribution in [-0.4, -0.2) is 64.0 Å². The molecule has 0 aliphatic rings. The predicted molar refractivity (Wildman–Crippen MR) is 104 cm³/mol. The second kappa shape index (κ2) is 12.0. The molecule has 0 saturated heterocycles. The van der Waals surface area contributed by atoms with E-state index in [1.54, 1.807) is 27.7 Å². The van der Waals surface area contributed by atoms with Crippen LogP contribution in [0.15, 0.2) is 0 Å². The van der Waals surface area contributed by atoms with E-state index in [0.29, 0.717) is 6.42 Å². The molecule has 0 heterocycles. The smallest absolute Gasteiger partial charge is 0.326 e. The highest BCUT2D eigenvalue weighted by Gasteiger charge is 2.33. The quantitative estimate of drug-likeness (QED) is 0.235. The lowest BCUT2D eigenvalue weighted by Gasteiger charge is -2.29. The highest BCUT2D eigenvalue weighted by molar-refractivity contribution is 5.94. The van der Waals surface area contributed by atoms with Crippen LogP contribution >= 0.6 is 0 Å². The lowest BCUT2D eigenvalue weighted by molar-refractivity contribution is -0.147. The Morgan fingerprint density at radius 2 is 1.31 bits per heavy atom. The zero-order valence-corrected chi connectivity index (χ0v) is 17.4. The summed E-state index contributed by atoms with van der Waals surface area (Å²) < 4.78 is 0. The largest absolute Gasteiger partial charge is 0.481 e. The van der Waals surface area contributed by atoms with Gasteiger partial charge in [-0.15, -0.1) is 0 Å². The van der Waals surface area contributed by atoms with Crippen molar-refractivity contribution in [2.75, 3.05) is 0 Å². The van der Waals surface area contributed by atoms with Crippen LogP contribution in [0.3, 0.4) is 0 Å². The number of nitrogens with one attached hydrogen (secondary N) is 3. The van der Waals surface area contributed by atoms with Gasteiger partial charge in [-0.2, -0.15) is 0 Å². The van der Waals surface area contributed by atoms with Crippen molar-refractivity contribution in [3.8, 4) is 0 Å². The van der Waals surface area contributed by atoms with Gasteiger partial charge in [0.15, 0.2) is 0 Å². The number of carbonyl (C=O) groups excluding carboxylic acids is 3. The molecule has 0 spiro atoms. The molecule has 0 aliphatic heterocycles. The molecule has 7 N–H and O–H groups in total. The van der Waals surface area contributed by atoms with Crippen molar-refractivity contribution >= 4 is 29.7 Å². The molecule has 166 valence electrons. The fraction of sp³-hybridized carbons (Fsp3) is 0.722. The van der Waals surface area contributed by atoms with E-state index < -0.39 is 60.2 Å². The molecule has 0 fully saturated rings. The van der Waals surface area contributed by atoms with Gasteiger partial charge in [-0.3, -0.25) is 19.2 Å². The van der Waals surface area contributed by atoms with E-state index in [9.17, 15) is 24.0 Å². The highest BCUT2D eigenvalue weighted by atomic mass is 16.4. The molecular formula is C18H32N4O7. The van der Waals surface area contributed by atoms with Crippen LogP contribution in [0.25, 0.3) is 0 Å². The van der Waals surface area contributed by atoms with Crippen molar-refractivity contribution < 1.29 is 34.2 Å². The van der Waals surface area contributed by atoms with Crippen molar-refractivity contribution in [1.82, 2.24) is 16.0 Å². The van der Waals surface area contributed by atoms with E-state index in [4.69, 9.17) is 15.9 Å². The van der Waals surface area contributed by atoms with Gasteiger partial charge in [0.1, 0.15) is 18.1 Å². The molecule has 0 radical (unpaired) electrons. The second-order valence-electron chi connectivity index (χ2n) is 7.39. The van der Waals surface area contributed by atoms with Crippen LogP contribution in [0.4, 0.5) is 0 Å². The number of carbonyl (C=O) groups is 5. The topological polar surface area (TPSA) is 188 Å². The van der Waals surface area contributed by atoms with Crippen LogP contribution < -0.4 is 21.7 Å². The summed E-state index contributed by atoms with van der Waals surface area (Å²) in [5.74, 6) is -5.55. The zero-order chi connectivity index (χ0) is 22.9. The first-order chi connectivity index (χ1) is 13.3. The molecule has 5 atom stereocenters. The molecule has 0 aromatic carbocycles. The highest BCUT2D eigenvalue weighted by Crippen LogP contribution is 2.11. The van der Waals surface area contributed by atoms with Crippen molar-refractivity contribution in [2.45, 2.75) is 71.6 Å². The first-order valence-electron chi connectivity index (χ1n) is 9.43. The monoisotopic (exact) mass is 416 g/mol. The van der Waals surface area contributed by atoms with Gasteiger partial charge >= 0.3 is 11.9 Å². The molecule has 0 aromatic rings. The molecule has 11 nitrogen and oxygen atoms in total. The van der Waals surface area contributed by atoms with Gasteiger partial charge in [-0.1, -0.05) is 34.1 Å². The van der Waals surface area contributed by atoms with Gasteiger partial charge in [0, 0.05) is 0 Å². The summed E-state index contributed by atoms with van der Waals surface area (Å²) in [4.78, 5) is 59.2. The molecule has 11 heteroatoms. The Bertz CT molecular complexity index is 621. The van der Waals surface area contributed by atoms with E-state index in [2.05, 4.69) is 16.0 Å². The summed E-state index contributed by atoms with van der Waals surface area (Å²) in [6, 6.07) is -4.54. The van der Waals surface area contributed by atoms with Gasteiger partial charge in [0.2, 0.25) is 17.7 Å². The lowest BCUT2D eigenvalue weighted by atomic mass is 9.96. The minimum atomic E-state index is -1.64. The maximum absolute atomic E-state index is 12.7. The summed E-state index contributed by atoms with van der Waals surface area (Å²) >= 11 is 0. The van der Waals surface area contributed by atoms with Gasteiger partial charge < -0.3 is 31.9 Å². The number of rotatable bonds is 12. The number of carboxylic acids is 2. The molecule has 0 aromatic heterocycles. The molecular weight excluding hydrogens is 384 g/mol. The Labute approximate surface area is 169 Å². The Morgan fingerprint density at radius 3 is 1.69 bits per heavy atom. The van der Waals surface area contributed by atoms with Crippen LogP contribution in [-0.2, 0) is 24.0 Å². The van der Waals surface area contributed by atoms with Crippen molar-refractivity contribution in [3.63, 3.8) is 0 Å². The Hall–Kier alpha value is -2.69. The third kappa shape index (κ3) is 8.90. The second-order valence-corrected chi connectivity index (χ2v) is 7.39. The van der Waals surface area contributed by atoms with E-state index in [1.807, 2.05) is 0 Å². The van der Waals surface area contributed by atoms with Gasteiger partial charge in [0.25, 0.3) is 0 Å². The molecule has 3 amide bonds. The van der Waals surface area contributed by atoms with Crippen molar-refractivity contribution in [1.29, 1.82) is 0 Å². The number of carboxylic acid groups (broad SMARTS) is 2. The first-order valence-corrected chi connectivity index (χ1v) is 9.43. The van der Waals surface area contributed by atoms with Crippen molar-refractivity contribution in [2.24, 2.45) is 17.6 Å². The summed E-state index contributed by atoms with van der Waals surface area (Å²) in [7, 11) is 0. The Kier molecular flexibility index (Phi) is 10.9. The van der Waals surface area contributed by atoms with E-state index in [1.165, 1.54) is 6.92 Å². The average molecular weight is 416 g/mol. The minimum absolute atomic E-state index is 0.308. The fourth-order valence-corrected chi connectivity index (χ4v) is 2.40. The Balaban J connectivity index is 5.47. The van der Waals surface area contributed by atoms with Crippen LogP contribution in [0.1, 0.15) is 47.5 Å². The normalized spacial score (nSPS) is 16.1. The van der Waals surface area contributed by atoms with Crippen LogP contribution in [0, 0.1) is 11.8 Å². The molecule has 29 heavy (non-hydrogen) atoms. The minimum Gasteiger partial charge on any atom is -0.481 e. The van der Waals surface area contributed by atoms with E-state index >= 15 is 0 Å². The predicted octanol–water partition coefficient (Wildman–Crippen LogP) is -0.951. The number of nitrogens with two attached hydrogens (primary N) is 1. The van der Waals surface area contributed by atoms with Crippen LogP contribution in [0.2, 0.25) is 0 Å². The molecule has 0 aliphatic carbocycles. The first kappa shape index (κ1) is 26.3. The zero-order valence-electron chi connectivity index (χ0n) is 17.4. The lowest BCUT2D eigenvalue weighted by Crippen LogP contribution is -2.59. The van der Waals surface area contributed by atoms with Gasteiger partial charge in [-0.25, -0.2) is 4.79 Å². The fourth-order valence-electron chi connectivity index (χ4n) is 2.40. The Morgan fingerprint density at radius 1 is 0.828 bits per heavy atom. The van der Waals surface area contributed by atoms with Crippen LogP contribution in [0.5, 0.6) is 0 Å². The van der Waals surface area contributed by atoms with Gasteiger partial charge in [0.05, 0.1) is 12.5 Å². The SMILES string of the molecule is CCC(C)C(NC(=O)C(NC(=O)C(C)N)C(C)C)C(=O)NC(CC(=O)O)C(=O)O. The summed E-state index contributed by atoms with van der Waals surface area (Å²) in [5.41, 5.74) is 5.52.